The van der Waals surface area contributed by atoms with E-state index in [-0.39, 0.29) is 17.8 Å². The molecule has 0 aromatic heterocycles. The zero-order chi connectivity index (χ0) is 19.4. The number of nitrogens with two attached hydrogens (primary N) is 1. The van der Waals surface area contributed by atoms with Crippen molar-refractivity contribution in [2.75, 3.05) is 18.8 Å². The number of alkyl halides is 3. The first kappa shape index (κ1) is 21.1. The summed E-state index contributed by atoms with van der Waals surface area (Å²) in [6.45, 7) is 3.21. The van der Waals surface area contributed by atoms with E-state index in [4.69, 9.17) is 5.73 Å². The molecule has 3 N–H and O–H groups in total. The Labute approximate surface area is 152 Å². The standard InChI is InChI=1S/C17H26F3N3O2S/c1-13-11-16(21)7-9-23(13)26(24,25)10-2-8-22-12-14-3-5-15(6-4-14)17(18,19)20/h3-6,13,16,22H,2,7-12,21H2,1H3/t13-,16-/m0/s1. The molecule has 2 rings (SSSR count). The molecule has 5 nitrogen and oxygen atoms in total. The number of halogens is 3. The molecule has 26 heavy (non-hydrogen) atoms. The Bertz CT molecular complexity index is 677. The molecule has 148 valence electrons. The zero-order valence-corrected chi connectivity index (χ0v) is 15.6. The zero-order valence-electron chi connectivity index (χ0n) is 14.8. The van der Waals surface area contributed by atoms with Crippen LogP contribution in [-0.4, -0.2) is 43.6 Å². The van der Waals surface area contributed by atoms with Crippen LogP contribution in [0.3, 0.4) is 0 Å². The molecular weight excluding hydrogens is 367 g/mol. The van der Waals surface area contributed by atoms with Gasteiger partial charge in [0.2, 0.25) is 10.0 Å². The molecule has 1 fully saturated rings. The smallest absolute Gasteiger partial charge is 0.328 e. The predicted octanol–water partition coefficient (Wildman–Crippen LogP) is 2.33. The maximum absolute atomic E-state index is 12.5. The summed E-state index contributed by atoms with van der Waals surface area (Å²) in [6.07, 6.45) is -2.55. The van der Waals surface area contributed by atoms with Gasteiger partial charge in [-0.25, -0.2) is 8.42 Å². The van der Waals surface area contributed by atoms with Crippen LogP contribution < -0.4 is 11.1 Å². The van der Waals surface area contributed by atoms with Gasteiger partial charge in [0.25, 0.3) is 0 Å². The van der Waals surface area contributed by atoms with Gasteiger partial charge in [-0.1, -0.05) is 12.1 Å². The average molecular weight is 393 g/mol. The van der Waals surface area contributed by atoms with Crippen LogP contribution in [0, 0.1) is 0 Å². The summed E-state index contributed by atoms with van der Waals surface area (Å²) in [5.74, 6) is 0.0482. The Hall–Kier alpha value is -1.16. The number of benzene rings is 1. The lowest BCUT2D eigenvalue weighted by atomic mass is 10.0. The van der Waals surface area contributed by atoms with Crippen LogP contribution in [0.25, 0.3) is 0 Å². The highest BCUT2D eigenvalue weighted by atomic mass is 32.2. The third-order valence-electron chi connectivity index (χ3n) is 4.58. The Morgan fingerprint density at radius 3 is 2.50 bits per heavy atom. The fraction of sp³-hybridized carbons (Fsp3) is 0.647. The summed E-state index contributed by atoms with van der Waals surface area (Å²) >= 11 is 0. The van der Waals surface area contributed by atoms with E-state index in [0.29, 0.717) is 38.9 Å². The van der Waals surface area contributed by atoms with Crippen molar-refractivity contribution in [3.63, 3.8) is 0 Å². The Morgan fingerprint density at radius 2 is 1.92 bits per heavy atom. The van der Waals surface area contributed by atoms with Gasteiger partial charge in [-0.05, 0) is 50.4 Å². The first-order valence-corrected chi connectivity index (χ1v) is 10.3. The number of nitrogens with one attached hydrogen (secondary N) is 1. The van der Waals surface area contributed by atoms with Crippen LogP contribution in [0.15, 0.2) is 24.3 Å². The summed E-state index contributed by atoms with van der Waals surface area (Å²) in [4.78, 5) is 0. The number of piperidine rings is 1. The fourth-order valence-corrected chi connectivity index (χ4v) is 4.90. The normalized spacial score (nSPS) is 22.5. The third-order valence-corrected chi connectivity index (χ3v) is 6.64. The van der Waals surface area contributed by atoms with Crippen molar-refractivity contribution in [1.29, 1.82) is 0 Å². The second kappa shape index (κ2) is 8.69. The summed E-state index contributed by atoms with van der Waals surface area (Å²) in [6, 6.07) is 4.91. The van der Waals surface area contributed by atoms with E-state index in [1.165, 1.54) is 16.4 Å². The van der Waals surface area contributed by atoms with Crippen LogP contribution in [-0.2, 0) is 22.7 Å². The van der Waals surface area contributed by atoms with Crippen LogP contribution >= 0.6 is 0 Å². The van der Waals surface area contributed by atoms with E-state index in [2.05, 4.69) is 5.32 Å². The van der Waals surface area contributed by atoms with E-state index in [9.17, 15) is 21.6 Å². The van der Waals surface area contributed by atoms with Gasteiger partial charge in [0.1, 0.15) is 0 Å². The molecule has 1 aliphatic rings. The topological polar surface area (TPSA) is 75.4 Å². The van der Waals surface area contributed by atoms with Crippen LogP contribution in [0.5, 0.6) is 0 Å². The van der Waals surface area contributed by atoms with Gasteiger partial charge in [-0.2, -0.15) is 17.5 Å². The Morgan fingerprint density at radius 1 is 1.27 bits per heavy atom. The molecule has 1 aliphatic heterocycles. The van der Waals surface area contributed by atoms with Crippen molar-refractivity contribution < 1.29 is 21.6 Å². The van der Waals surface area contributed by atoms with E-state index in [0.717, 1.165) is 17.7 Å². The molecule has 9 heteroatoms. The van der Waals surface area contributed by atoms with E-state index >= 15 is 0 Å². The number of hydrogen-bond acceptors (Lipinski definition) is 4. The Kier molecular flexibility index (Phi) is 7.06. The molecule has 1 heterocycles. The summed E-state index contributed by atoms with van der Waals surface area (Å²) in [5, 5.41) is 3.07. The fourth-order valence-electron chi connectivity index (χ4n) is 3.14. The molecule has 0 amide bonds. The monoisotopic (exact) mass is 393 g/mol. The first-order chi connectivity index (χ1) is 12.1. The van der Waals surface area contributed by atoms with Gasteiger partial charge in [-0.3, -0.25) is 0 Å². The minimum absolute atomic E-state index is 0.0482. The van der Waals surface area contributed by atoms with Gasteiger partial charge in [0, 0.05) is 25.2 Å². The molecule has 0 aliphatic carbocycles. The quantitative estimate of drug-likeness (QED) is 0.697. The molecule has 2 atom stereocenters. The molecule has 1 aromatic carbocycles. The maximum Gasteiger partial charge on any atom is 0.416 e. The highest BCUT2D eigenvalue weighted by molar-refractivity contribution is 7.89. The average Bonchev–Trinajstić information content (AvgIpc) is 2.53. The van der Waals surface area contributed by atoms with Crippen molar-refractivity contribution in [3.05, 3.63) is 35.4 Å². The number of rotatable bonds is 7. The van der Waals surface area contributed by atoms with Crippen LogP contribution in [0.2, 0.25) is 0 Å². The Balaban J connectivity index is 1.73. The highest BCUT2D eigenvalue weighted by Gasteiger charge is 2.32. The number of nitrogens with zero attached hydrogens (tertiary/aromatic N) is 1. The van der Waals surface area contributed by atoms with E-state index < -0.39 is 21.8 Å². The lowest BCUT2D eigenvalue weighted by Gasteiger charge is -2.35. The van der Waals surface area contributed by atoms with Gasteiger partial charge >= 0.3 is 6.18 Å². The van der Waals surface area contributed by atoms with Crippen LogP contribution in [0.4, 0.5) is 13.2 Å². The molecule has 0 spiro atoms. The highest BCUT2D eigenvalue weighted by Crippen LogP contribution is 2.29. The summed E-state index contributed by atoms with van der Waals surface area (Å²) in [5.41, 5.74) is 5.91. The molecule has 0 radical (unpaired) electrons. The van der Waals surface area contributed by atoms with Gasteiger partial charge < -0.3 is 11.1 Å². The predicted molar refractivity (Wildman–Crippen MR) is 94.9 cm³/mol. The van der Waals surface area contributed by atoms with Crippen molar-refractivity contribution in [3.8, 4) is 0 Å². The van der Waals surface area contributed by atoms with Crippen LogP contribution in [0.1, 0.15) is 37.3 Å². The van der Waals surface area contributed by atoms with Gasteiger partial charge in [0.15, 0.2) is 0 Å². The molecule has 1 aromatic rings. The second-order valence-corrected chi connectivity index (χ2v) is 8.83. The minimum Gasteiger partial charge on any atom is -0.328 e. The molecule has 0 saturated carbocycles. The largest absolute Gasteiger partial charge is 0.416 e. The molecule has 1 saturated heterocycles. The van der Waals surface area contributed by atoms with E-state index in [1.54, 1.807) is 0 Å². The molecular formula is C17H26F3N3O2S. The SMILES string of the molecule is C[C@H]1C[C@@H](N)CCN1S(=O)(=O)CCCNCc1ccc(C(F)(F)F)cc1. The van der Waals surface area contributed by atoms with Gasteiger partial charge in [0.05, 0.1) is 11.3 Å². The van der Waals surface area contributed by atoms with Crippen molar-refractivity contribution in [2.45, 2.75) is 51.0 Å². The minimum atomic E-state index is -4.34. The summed E-state index contributed by atoms with van der Waals surface area (Å²) < 4.78 is 63.9. The first-order valence-electron chi connectivity index (χ1n) is 8.71. The summed E-state index contributed by atoms with van der Waals surface area (Å²) in [7, 11) is -3.31. The van der Waals surface area contributed by atoms with Crippen molar-refractivity contribution in [1.82, 2.24) is 9.62 Å². The third kappa shape index (κ3) is 5.94. The number of hydrogen-bond donors (Lipinski definition) is 2. The molecule has 0 unspecified atom stereocenters. The van der Waals surface area contributed by atoms with Crippen molar-refractivity contribution >= 4 is 10.0 Å². The van der Waals surface area contributed by atoms with Crippen molar-refractivity contribution in [2.24, 2.45) is 5.73 Å². The maximum atomic E-state index is 12.5. The molecule has 0 bridgehead atoms. The van der Waals surface area contributed by atoms with Gasteiger partial charge in [-0.15, -0.1) is 0 Å². The van der Waals surface area contributed by atoms with E-state index in [1.807, 2.05) is 6.92 Å². The lowest BCUT2D eigenvalue weighted by Crippen LogP contribution is -2.49. The second-order valence-electron chi connectivity index (χ2n) is 6.79. The lowest BCUT2D eigenvalue weighted by molar-refractivity contribution is -0.137. The number of sulfonamides is 1.